The van der Waals surface area contributed by atoms with Crippen molar-refractivity contribution in [3.05, 3.63) is 115 Å². The standard InChI is InChI=1S/C35H47N3O4.C34H45N3O4.C5H10O.Na.H2O/c1-5-31-30(35(40)41-4)19-29-32(36-31)14-17-38(34(29)39)26-12-15-37(16-13-26)21-25-18-27(24-10-11-24)28(23-8-6-7-9-23)20-33(25)42-22(2)3;1-4-30-29(34(39)40)18-28-31(35-30)13-16-37(33(28)38)25-11-14-36(15-12-25)20-24-17-26(23-9-10-23)27(22-7-5-6-8-22)19-32(24)41-21(2)3;1-5-3-2-4-6-5;;/h18-20,22-24,26H,5-17,21H2,1-4H3;17-19,21-23,25H,4-16,20H2,1-3H3,(H,39,40);5H,2-4H2,1H3;;1H2/q;;;+1;/p-1. The molecule has 7 heterocycles. The van der Waals surface area contributed by atoms with Crippen molar-refractivity contribution in [2.45, 2.75) is 257 Å². The predicted molar refractivity (Wildman–Crippen MR) is 349 cm³/mol. The van der Waals surface area contributed by atoms with Gasteiger partial charge < -0.3 is 39.3 Å². The fourth-order valence-corrected chi connectivity index (χ4v) is 15.6. The Morgan fingerprint density at radius 2 is 0.956 bits per heavy atom. The molecule has 4 aromatic rings. The van der Waals surface area contributed by atoms with E-state index in [-0.39, 0.29) is 76.7 Å². The van der Waals surface area contributed by atoms with Crippen LogP contribution in [0.1, 0.15) is 285 Å². The summed E-state index contributed by atoms with van der Waals surface area (Å²) in [6.07, 6.45) is 25.5. The number of aryl methyl sites for hydroxylation is 2. The zero-order valence-corrected chi connectivity index (χ0v) is 58.4. The normalized spacial score (nSPS) is 20.9. The first-order valence-electron chi connectivity index (χ1n) is 34.8. The number of piperidine rings is 2. The van der Waals surface area contributed by atoms with E-state index < -0.39 is 11.9 Å². The van der Waals surface area contributed by atoms with E-state index in [4.69, 9.17) is 23.9 Å². The number of esters is 1. The van der Waals surface area contributed by atoms with Crippen LogP contribution in [0.25, 0.3) is 0 Å². The number of methoxy groups -OCH3 is 1. The number of amides is 2. The molecule has 0 spiro atoms. The molecule has 9 aliphatic rings. The molecule has 5 aliphatic heterocycles. The second-order valence-electron chi connectivity index (χ2n) is 27.8. The number of carboxylic acids is 1. The minimum Gasteiger partial charge on any atom is -0.870 e. The molecule has 4 aliphatic carbocycles. The summed E-state index contributed by atoms with van der Waals surface area (Å²) in [4.78, 5) is 69.7. The predicted octanol–water partition coefficient (Wildman–Crippen LogP) is 10.8. The molecule has 2 N–H and O–H groups in total. The second kappa shape index (κ2) is 32.0. The molecular weight excluding hydrogens is 1160 g/mol. The van der Waals surface area contributed by atoms with Crippen LogP contribution in [0, 0.1) is 0 Å². The Bertz CT molecular complexity index is 3170. The Morgan fingerprint density at radius 3 is 1.30 bits per heavy atom. The van der Waals surface area contributed by atoms with Gasteiger partial charge in [0.1, 0.15) is 11.5 Å². The van der Waals surface area contributed by atoms with Crippen molar-refractivity contribution in [2.75, 3.05) is 53.0 Å². The Hall–Kier alpha value is -4.94. The summed E-state index contributed by atoms with van der Waals surface area (Å²) in [6, 6.07) is 13.5. The number of benzene rings is 2. The average Bonchev–Trinajstić information content (AvgIpc) is 1.73. The van der Waals surface area contributed by atoms with Crippen molar-refractivity contribution in [1.82, 2.24) is 29.6 Å². The van der Waals surface area contributed by atoms with Crippen LogP contribution in [0.2, 0.25) is 0 Å². The van der Waals surface area contributed by atoms with Crippen LogP contribution in [-0.2, 0) is 48.2 Å². The summed E-state index contributed by atoms with van der Waals surface area (Å²) < 4.78 is 23.0. The smallest absolute Gasteiger partial charge is 0.870 e. The number of hydrogen-bond acceptors (Lipinski definition) is 13. The zero-order chi connectivity index (χ0) is 62.5. The number of aromatic carboxylic acids is 1. The zero-order valence-electron chi connectivity index (χ0n) is 56.4. The van der Waals surface area contributed by atoms with Crippen LogP contribution >= 0.6 is 0 Å². The molecule has 2 amide bonds. The van der Waals surface area contributed by atoms with E-state index in [1.165, 1.54) is 108 Å². The summed E-state index contributed by atoms with van der Waals surface area (Å²) in [5.41, 5.74) is 13.3. The Labute approximate surface area is 564 Å². The monoisotopic (exact) mass is 1260 g/mol. The van der Waals surface area contributed by atoms with Gasteiger partial charge in [-0.15, -0.1) is 0 Å². The first kappa shape index (κ1) is 70.4. The summed E-state index contributed by atoms with van der Waals surface area (Å²) in [6.45, 7) is 22.3. The Balaban J connectivity index is 0.000000193. The molecule has 2 aromatic carbocycles. The van der Waals surface area contributed by atoms with Gasteiger partial charge in [-0.05, 0) is 208 Å². The molecule has 0 bridgehead atoms. The fourth-order valence-electron chi connectivity index (χ4n) is 15.6. The number of hydrogen-bond donors (Lipinski definition) is 1. The van der Waals surface area contributed by atoms with Crippen molar-refractivity contribution >= 4 is 23.8 Å². The van der Waals surface area contributed by atoms with Crippen molar-refractivity contribution in [2.24, 2.45) is 0 Å². The molecule has 4 saturated carbocycles. The first-order valence-corrected chi connectivity index (χ1v) is 34.8. The molecule has 7 fully saturated rings. The summed E-state index contributed by atoms with van der Waals surface area (Å²) in [5.74, 6) is 3.46. The quantitative estimate of drug-likeness (QED) is 0.0730. The summed E-state index contributed by atoms with van der Waals surface area (Å²) >= 11 is 0. The molecule has 490 valence electrons. The van der Waals surface area contributed by atoms with Crippen LogP contribution in [0.15, 0.2) is 36.4 Å². The van der Waals surface area contributed by atoms with Crippen LogP contribution < -0.4 is 39.0 Å². The van der Waals surface area contributed by atoms with Gasteiger partial charge in [-0.2, -0.15) is 0 Å². The van der Waals surface area contributed by atoms with Gasteiger partial charge >= 0.3 is 41.5 Å². The van der Waals surface area contributed by atoms with Crippen molar-refractivity contribution in [3.63, 3.8) is 0 Å². The van der Waals surface area contributed by atoms with Gasteiger partial charge in [-0.25, -0.2) is 9.59 Å². The number of nitrogens with zero attached hydrogens (tertiary/aromatic N) is 6. The fraction of sp³-hybridized carbons (Fsp3) is 0.649. The van der Waals surface area contributed by atoms with Gasteiger partial charge in [0.15, 0.2) is 0 Å². The third kappa shape index (κ3) is 17.0. The maximum atomic E-state index is 13.7. The SMILES string of the molecule is CC1CCCO1.CCc1nc2c(cc1C(=O)O)C(=O)N(C1CCN(Cc3cc(C4CC4)c(C4CCCC4)cc3OC(C)C)CC1)CC2.CCc1nc2c(cc1C(=O)OC)C(=O)N(C1CCN(Cc3cc(C4CC4)c(C4CCCC4)cc3OC(C)C)CC1)CC2.[Na+].[OH-]. The summed E-state index contributed by atoms with van der Waals surface area (Å²) in [7, 11) is 1.37. The van der Waals surface area contributed by atoms with Gasteiger partial charge in [0.05, 0.1) is 70.5 Å². The molecule has 16 nitrogen and oxygen atoms in total. The van der Waals surface area contributed by atoms with Crippen molar-refractivity contribution in [3.8, 4) is 11.5 Å². The molecule has 1 unspecified atom stereocenters. The van der Waals surface area contributed by atoms with Gasteiger partial charge in [-0.1, -0.05) is 51.7 Å². The van der Waals surface area contributed by atoms with Gasteiger partial charge in [0.25, 0.3) is 11.8 Å². The number of rotatable bonds is 18. The average molecular weight is 1260 g/mol. The maximum Gasteiger partial charge on any atom is 1.00 e. The molecule has 1 atom stereocenters. The maximum absolute atomic E-state index is 13.7. The molecule has 2 aromatic heterocycles. The minimum atomic E-state index is -1.02. The number of likely N-dealkylation sites (tertiary alicyclic amines) is 2. The van der Waals surface area contributed by atoms with E-state index in [1.807, 2.05) is 23.6 Å². The van der Waals surface area contributed by atoms with Crippen LogP contribution in [0.4, 0.5) is 0 Å². The van der Waals surface area contributed by atoms with Crippen molar-refractivity contribution < 1.29 is 78.3 Å². The van der Waals surface area contributed by atoms with Crippen LogP contribution in [-0.4, -0.2) is 147 Å². The van der Waals surface area contributed by atoms with E-state index >= 15 is 0 Å². The van der Waals surface area contributed by atoms with E-state index in [2.05, 4.69) is 73.7 Å². The number of carbonyl (C=O) groups is 4. The third-order valence-electron chi connectivity index (χ3n) is 20.7. The van der Waals surface area contributed by atoms with Crippen molar-refractivity contribution in [1.29, 1.82) is 0 Å². The summed E-state index contributed by atoms with van der Waals surface area (Å²) in [5, 5.41) is 9.66. The Morgan fingerprint density at radius 1 is 0.560 bits per heavy atom. The van der Waals surface area contributed by atoms with Gasteiger partial charge in [0, 0.05) is 95.0 Å². The van der Waals surface area contributed by atoms with Crippen LogP contribution in [0.3, 0.4) is 0 Å². The van der Waals surface area contributed by atoms with E-state index in [9.17, 15) is 24.3 Å². The third-order valence-corrected chi connectivity index (χ3v) is 20.7. The number of fused-ring (bicyclic) bond motifs is 2. The molecule has 91 heavy (non-hydrogen) atoms. The van der Waals surface area contributed by atoms with E-state index in [0.29, 0.717) is 78.4 Å². The molecule has 0 radical (unpaired) electrons. The largest absolute Gasteiger partial charge is 1.00 e. The minimum absolute atomic E-state index is 0. The molecular formula is C74H103N6NaO10. The Kier molecular flexibility index (Phi) is 24.7. The number of ether oxygens (including phenoxy) is 4. The number of carboxylic acid groups (broad SMARTS) is 1. The molecule has 13 rings (SSSR count). The van der Waals surface area contributed by atoms with E-state index in [0.717, 1.165) is 113 Å². The first-order chi connectivity index (χ1) is 43.1. The number of aromatic nitrogens is 2. The van der Waals surface area contributed by atoms with Gasteiger partial charge in [-0.3, -0.25) is 29.4 Å². The van der Waals surface area contributed by atoms with E-state index in [1.54, 1.807) is 34.4 Å². The van der Waals surface area contributed by atoms with Gasteiger partial charge in [0.2, 0.25) is 0 Å². The topological polar surface area (TPSA) is 194 Å². The molecule has 17 heteroatoms. The second-order valence-corrected chi connectivity index (χ2v) is 27.8. The number of pyridine rings is 2. The number of carbonyl (C=O) groups excluding carboxylic acids is 3. The van der Waals surface area contributed by atoms with Crippen LogP contribution in [0.5, 0.6) is 11.5 Å². The molecule has 3 saturated heterocycles.